The van der Waals surface area contributed by atoms with Crippen LogP contribution in [0.25, 0.3) is 0 Å². The summed E-state index contributed by atoms with van der Waals surface area (Å²) in [4.78, 5) is 0. The van der Waals surface area contributed by atoms with Crippen molar-refractivity contribution in [3.05, 3.63) is 35.9 Å². The molecule has 0 N–H and O–H groups in total. The summed E-state index contributed by atoms with van der Waals surface area (Å²) in [5.74, 6) is 0. The molecular formula is C15H24N+. The summed E-state index contributed by atoms with van der Waals surface area (Å²) in [7, 11) is 2.43. The van der Waals surface area contributed by atoms with Crippen LogP contribution >= 0.6 is 0 Å². The Morgan fingerprint density at radius 1 is 1.00 bits per heavy atom. The molecule has 0 saturated carbocycles. The summed E-state index contributed by atoms with van der Waals surface area (Å²) in [6.45, 7) is 4.15. The number of nitrogens with zero attached hydrogens (tertiary/aromatic N) is 1. The molecule has 0 aromatic heterocycles. The molecule has 1 heteroatoms. The summed E-state index contributed by atoms with van der Waals surface area (Å²) in [5, 5.41) is 0. The van der Waals surface area contributed by atoms with Gasteiger partial charge >= 0.3 is 0 Å². The molecule has 0 unspecified atom stereocenters. The molecule has 1 aliphatic heterocycles. The normalized spacial score (nSPS) is 19.6. The number of aryl methyl sites for hydroxylation is 1. The topological polar surface area (TPSA) is 0 Å². The van der Waals surface area contributed by atoms with Gasteiger partial charge in [0.05, 0.1) is 26.7 Å². The molecule has 0 atom stereocenters. The maximum atomic E-state index is 2.43. The molecule has 0 radical (unpaired) electrons. The fourth-order valence-electron chi connectivity index (χ4n) is 2.81. The minimum Gasteiger partial charge on any atom is -0.326 e. The fourth-order valence-corrected chi connectivity index (χ4v) is 2.81. The lowest BCUT2D eigenvalue weighted by Crippen LogP contribution is -2.48. The number of likely N-dealkylation sites (tertiary alicyclic amines) is 1. The molecule has 0 bridgehead atoms. The molecule has 1 aromatic carbocycles. The lowest BCUT2D eigenvalue weighted by Gasteiger charge is -2.37. The zero-order valence-electron chi connectivity index (χ0n) is 10.5. The highest BCUT2D eigenvalue weighted by Crippen LogP contribution is 2.17. The Balaban J connectivity index is 1.75. The summed E-state index contributed by atoms with van der Waals surface area (Å²) < 4.78 is 1.31. The average molecular weight is 218 g/mol. The predicted octanol–water partition coefficient (Wildman–Crippen LogP) is 3.25. The molecule has 1 fully saturated rings. The van der Waals surface area contributed by atoms with Crippen LogP contribution in [0.2, 0.25) is 0 Å². The van der Waals surface area contributed by atoms with Gasteiger partial charge in [0.25, 0.3) is 0 Å². The van der Waals surface area contributed by atoms with Gasteiger partial charge in [-0.3, -0.25) is 0 Å². The van der Waals surface area contributed by atoms with Crippen molar-refractivity contribution in [2.24, 2.45) is 0 Å². The van der Waals surface area contributed by atoms with Crippen LogP contribution in [0.5, 0.6) is 0 Å². The molecule has 2 rings (SSSR count). The highest BCUT2D eigenvalue weighted by molar-refractivity contribution is 5.14. The zero-order chi connectivity index (χ0) is 11.3. The van der Waals surface area contributed by atoms with Crippen LogP contribution in [-0.2, 0) is 6.42 Å². The van der Waals surface area contributed by atoms with Crippen LogP contribution in [0.3, 0.4) is 0 Å². The van der Waals surface area contributed by atoms with E-state index in [9.17, 15) is 0 Å². The van der Waals surface area contributed by atoms with E-state index < -0.39 is 0 Å². The Morgan fingerprint density at radius 2 is 1.69 bits per heavy atom. The van der Waals surface area contributed by atoms with Gasteiger partial charge in [0, 0.05) is 6.42 Å². The molecule has 1 aromatic rings. The predicted molar refractivity (Wildman–Crippen MR) is 69.4 cm³/mol. The van der Waals surface area contributed by atoms with Crippen molar-refractivity contribution in [2.45, 2.75) is 32.1 Å². The second kappa shape index (κ2) is 5.49. The lowest BCUT2D eigenvalue weighted by molar-refractivity contribution is -0.914. The SMILES string of the molecule is C[N+]1(CCCc2ccccc2)CCCCC1. The van der Waals surface area contributed by atoms with Crippen molar-refractivity contribution in [3.8, 4) is 0 Å². The smallest absolute Gasteiger partial charge is 0.0787 e. The van der Waals surface area contributed by atoms with E-state index in [1.54, 1.807) is 0 Å². The highest BCUT2D eigenvalue weighted by Gasteiger charge is 2.23. The number of quaternary nitrogens is 1. The Hall–Kier alpha value is -0.820. The Labute approximate surface area is 99.7 Å². The molecule has 1 aliphatic rings. The second-order valence-electron chi connectivity index (χ2n) is 5.44. The fraction of sp³-hybridized carbons (Fsp3) is 0.600. The Bertz CT molecular complexity index is 298. The molecule has 1 saturated heterocycles. The van der Waals surface area contributed by atoms with Crippen LogP contribution in [0.1, 0.15) is 31.2 Å². The van der Waals surface area contributed by atoms with Crippen LogP contribution < -0.4 is 0 Å². The van der Waals surface area contributed by atoms with Crippen LogP contribution in [0.4, 0.5) is 0 Å². The van der Waals surface area contributed by atoms with Gasteiger partial charge in [0.15, 0.2) is 0 Å². The van der Waals surface area contributed by atoms with Crippen molar-refractivity contribution in [3.63, 3.8) is 0 Å². The van der Waals surface area contributed by atoms with Gasteiger partial charge in [0.1, 0.15) is 0 Å². The van der Waals surface area contributed by atoms with Gasteiger partial charge in [0.2, 0.25) is 0 Å². The average Bonchev–Trinajstić information content (AvgIpc) is 2.31. The second-order valence-corrected chi connectivity index (χ2v) is 5.44. The monoisotopic (exact) mass is 218 g/mol. The first-order chi connectivity index (χ1) is 7.79. The van der Waals surface area contributed by atoms with Crippen LogP contribution in [0, 0.1) is 0 Å². The van der Waals surface area contributed by atoms with Crippen molar-refractivity contribution < 1.29 is 4.48 Å². The molecule has 1 nitrogen and oxygen atoms in total. The number of rotatable bonds is 4. The maximum absolute atomic E-state index is 2.43. The van der Waals surface area contributed by atoms with Crippen molar-refractivity contribution in [2.75, 3.05) is 26.7 Å². The Morgan fingerprint density at radius 3 is 2.38 bits per heavy atom. The first-order valence-corrected chi connectivity index (χ1v) is 6.66. The van der Waals surface area contributed by atoms with Gasteiger partial charge in [-0.25, -0.2) is 0 Å². The standard InChI is InChI=1S/C15H24N/c1-16(12-6-3-7-13-16)14-8-11-15-9-4-2-5-10-15/h2,4-5,9-10H,3,6-8,11-14H2,1H3/q+1. The van der Waals surface area contributed by atoms with Crippen molar-refractivity contribution in [1.29, 1.82) is 0 Å². The third-order valence-electron chi connectivity index (χ3n) is 3.90. The highest BCUT2D eigenvalue weighted by atomic mass is 15.3. The number of piperidine rings is 1. The molecule has 0 aliphatic carbocycles. The molecular weight excluding hydrogens is 194 g/mol. The van der Waals surface area contributed by atoms with Crippen LogP contribution in [-0.4, -0.2) is 31.2 Å². The molecule has 0 spiro atoms. The molecule has 16 heavy (non-hydrogen) atoms. The third-order valence-corrected chi connectivity index (χ3v) is 3.90. The van der Waals surface area contributed by atoms with Crippen molar-refractivity contribution in [1.82, 2.24) is 0 Å². The van der Waals surface area contributed by atoms with Crippen LogP contribution in [0.15, 0.2) is 30.3 Å². The van der Waals surface area contributed by atoms with E-state index in [0.29, 0.717) is 0 Å². The first-order valence-electron chi connectivity index (χ1n) is 6.66. The molecule has 88 valence electrons. The van der Waals surface area contributed by atoms with E-state index >= 15 is 0 Å². The zero-order valence-corrected chi connectivity index (χ0v) is 10.5. The minimum atomic E-state index is 1.24. The van der Waals surface area contributed by atoms with E-state index in [-0.39, 0.29) is 0 Å². The lowest BCUT2D eigenvalue weighted by atomic mass is 10.1. The van der Waals surface area contributed by atoms with E-state index in [4.69, 9.17) is 0 Å². The first kappa shape index (κ1) is 11.7. The molecule has 1 heterocycles. The van der Waals surface area contributed by atoms with E-state index in [0.717, 1.165) is 0 Å². The van der Waals surface area contributed by atoms with E-state index in [1.807, 2.05) is 0 Å². The van der Waals surface area contributed by atoms with Gasteiger partial charge in [-0.05, 0) is 31.2 Å². The molecule has 0 amide bonds. The van der Waals surface area contributed by atoms with E-state index in [1.165, 1.54) is 61.8 Å². The quantitative estimate of drug-likeness (QED) is 0.681. The van der Waals surface area contributed by atoms with Crippen molar-refractivity contribution >= 4 is 0 Å². The largest absolute Gasteiger partial charge is 0.326 e. The summed E-state index contributed by atoms with van der Waals surface area (Å²) >= 11 is 0. The summed E-state index contributed by atoms with van der Waals surface area (Å²) in [6, 6.07) is 10.9. The third kappa shape index (κ3) is 3.34. The minimum absolute atomic E-state index is 1.24. The van der Waals surface area contributed by atoms with Gasteiger partial charge in [-0.2, -0.15) is 0 Å². The van der Waals surface area contributed by atoms with E-state index in [2.05, 4.69) is 37.4 Å². The van der Waals surface area contributed by atoms with Gasteiger partial charge in [-0.1, -0.05) is 30.3 Å². The van der Waals surface area contributed by atoms with Gasteiger partial charge < -0.3 is 4.48 Å². The number of hydrogen-bond acceptors (Lipinski definition) is 0. The summed E-state index contributed by atoms with van der Waals surface area (Å²) in [5.41, 5.74) is 1.49. The maximum Gasteiger partial charge on any atom is 0.0787 e. The summed E-state index contributed by atoms with van der Waals surface area (Å²) in [6.07, 6.45) is 6.89. The number of benzene rings is 1. The Kier molecular flexibility index (Phi) is 4.00. The number of hydrogen-bond donors (Lipinski definition) is 0. The van der Waals surface area contributed by atoms with Gasteiger partial charge in [-0.15, -0.1) is 0 Å².